The molecule has 0 N–H and O–H groups in total. The fourth-order valence-corrected chi connectivity index (χ4v) is 1.24. The van der Waals surface area contributed by atoms with Gasteiger partial charge < -0.3 is 4.90 Å². The molecule has 0 saturated heterocycles. The number of anilines is 1. The molecule has 0 amide bonds. The maximum absolute atomic E-state index is 10.9. The van der Waals surface area contributed by atoms with Crippen molar-refractivity contribution in [2.24, 2.45) is 0 Å². The van der Waals surface area contributed by atoms with E-state index in [0.29, 0.717) is 12.1 Å². The summed E-state index contributed by atoms with van der Waals surface area (Å²) in [4.78, 5) is 12.7. The number of likely N-dealkylation sites (N-methyl/N-ethyl adjacent to an activating group) is 1. The lowest BCUT2D eigenvalue weighted by Gasteiger charge is -2.17. The summed E-state index contributed by atoms with van der Waals surface area (Å²) < 4.78 is 0. The second-order valence-corrected chi connectivity index (χ2v) is 3.22. The lowest BCUT2D eigenvalue weighted by atomic mass is 10.2. The summed E-state index contributed by atoms with van der Waals surface area (Å²) in [6.07, 6.45) is 0. The van der Waals surface area contributed by atoms with Crippen molar-refractivity contribution in [1.82, 2.24) is 0 Å². The van der Waals surface area contributed by atoms with E-state index in [9.17, 15) is 4.79 Å². The molecule has 1 aromatic rings. The smallest absolute Gasteiger partial charge is 0.149 e. The predicted octanol–water partition coefficient (Wildman–Crippen LogP) is 1.58. The lowest BCUT2D eigenvalue weighted by molar-refractivity contribution is -0.115. The van der Waals surface area contributed by atoms with Crippen molar-refractivity contribution in [3.63, 3.8) is 0 Å². The Morgan fingerprint density at radius 1 is 1.57 bits per heavy atom. The van der Waals surface area contributed by atoms with E-state index >= 15 is 0 Å². The van der Waals surface area contributed by atoms with Gasteiger partial charge >= 0.3 is 0 Å². The molecule has 0 unspecified atom stereocenters. The highest BCUT2D eigenvalue weighted by atomic mass is 16.1. The molecule has 1 aromatic carbocycles. The third-order valence-electron chi connectivity index (χ3n) is 1.88. The molecule has 3 heteroatoms. The Labute approximate surface area is 83.6 Å². The second-order valence-electron chi connectivity index (χ2n) is 3.22. The van der Waals surface area contributed by atoms with Crippen LogP contribution in [0.2, 0.25) is 0 Å². The number of ketones is 1. The van der Waals surface area contributed by atoms with Gasteiger partial charge in [-0.15, -0.1) is 0 Å². The van der Waals surface area contributed by atoms with Crippen LogP contribution in [-0.4, -0.2) is 19.4 Å². The monoisotopic (exact) mass is 188 g/mol. The molecule has 0 spiro atoms. The van der Waals surface area contributed by atoms with Crippen LogP contribution >= 0.6 is 0 Å². The number of carbonyl (C=O) groups is 1. The second kappa shape index (κ2) is 4.43. The standard InChI is InChI=1S/C11H12N2O/c1-9(14)8-13(2)11-5-3-4-10(6-11)7-12/h3-6H,8H2,1-2H3. The molecular weight excluding hydrogens is 176 g/mol. The Balaban J connectivity index is 2.85. The van der Waals surface area contributed by atoms with E-state index in [-0.39, 0.29) is 5.78 Å². The summed E-state index contributed by atoms with van der Waals surface area (Å²) in [6, 6.07) is 9.26. The van der Waals surface area contributed by atoms with Gasteiger partial charge in [0.2, 0.25) is 0 Å². The van der Waals surface area contributed by atoms with E-state index in [0.717, 1.165) is 5.69 Å². The molecule has 0 saturated carbocycles. The minimum Gasteiger partial charge on any atom is -0.367 e. The summed E-state index contributed by atoms with van der Waals surface area (Å²) in [5.41, 5.74) is 1.50. The van der Waals surface area contributed by atoms with E-state index < -0.39 is 0 Å². The van der Waals surface area contributed by atoms with Crippen molar-refractivity contribution in [2.75, 3.05) is 18.5 Å². The van der Waals surface area contributed by atoms with E-state index in [1.165, 1.54) is 0 Å². The average Bonchev–Trinajstić information content (AvgIpc) is 2.17. The van der Waals surface area contributed by atoms with Crippen LogP contribution in [0.25, 0.3) is 0 Å². The number of rotatable bonds is 3. The zero-order valence-electron chi connectivity index (χ0n) is 8.32. The molecule has 0 heterocycles. The Hall–Kier alpha value is -1.82. The number of Topliss-reactive ketones (excluding diaryl/α,β-unsaturated/α-hetero) is 1. The van der Waals surface area contributed by atoms with Gasteiger partial charge in [0, 0.05) is 12.7 Å². The van der Waals surface area contributed by atoms with E-state index in [4.69, 9.17) is 5.26 Å². The predicted molar refractivity (Wildman–Crippen MR) is 55.1 cm³/mol. The number of nitrogens with zero attached hydrogens (tertiary/aromatic N) is 2. The van der Waals surface area contributed by atoms with Crippen LogP contribution in [0, 0.1) is 11.3 Å². The highest BCUT2D eigenvalue weighted by molar-refractivity contribution is 5.80. The van der Waals surface area contributed by atoms with Crippen LogP contribution in [0.15, 0.2) is 24.3 Å². The Kier molecular flexibility index (Phi) is 3.24. The molecule has 0 aliphatic carbocycles. The Morgan fingerprint density at radius 2 is 2.29 bits per heavy atom. The first-order chi connectivity index (χ1) is 6.63. The van der Waals surface area contributed by atoms with Crippen LogP contribution in [-0.2, 0) is 4.79 Å². The van der Waals surface area contributed by atoms with Gasteiger partial charge in [0.15, 0.2) is 0 Å². The van der Waals surface area contributed by atoms with Gasteiger partial charge in [-0.1, -0.05) is 6.07 Å². The Morgan fingerprint density at radius 3 is 2.86 bits per heavy atom. The molecule has 3 nitrogen and oxygen atoms in total. The minimum atomic E-state index is 0.106. The zero-order valence-corrected chi connectivity index (χ0v) is 8.32. The van der Waals surface area contributed by atoms with Crippen molar-refractivity contribution in [3.8, 4) is 6.07 Å². The van der Waals surface area contributed by atoms with Gasteiger partial charge in [0.05, 0.1) is 18.2 Å². The number of hydrogen-bond donors (Lipinski definition) is 0. The zero-order chi connectivity index (χ0) is 10.6. The first-order valence-electron chi connectivity index (χ1n) is 4.34. The largest absolute Gasteiger partial charge is 0.367 e. The van der Waals surface area contributed by atoms with E-state index in [2.05, 4.69) is 6.07 Å². The number of hydrogen-bond acceptors (Lipinski definition) is 3. The highest BCUT2D eigenvalue weighted by Gasteiger charge is 2.03. The molecule has 0 aliphatic heterocycles. The van der Waals surface area contributed by atoms with Crippen LogP contribution < -0.4 is 4.90 Å². The average molecular weight is 188 g/mol. The fourth-order valence-electron chi connectivity index (χ4n) is 1.24. The summed E-state index contributed by atoms with van der Waals surface area (Å²) in [5.74, 6) is 0.106. The SMILES string of the molecule is CC(=O)CN(C)c1cccc(C#N)c1. The van der Waals surface area contributed by atoms with Crippen LogP contribution in [0.4, 0.5) is 5.69 Å². The highest BCUT2D eigenvalue weighted by Crippen LogP contribution is 2.13. The maximum Gasteiger partial charge on any atom is 0.149 e. The van der Waals surface area contributed by atoms with E-state index in [1.807, 2.05) is 24.1 Å². The molecular formula is C11H12N2O. The molecule has 0 atom stereocenters. The summed E-state index contributed by atoms with van der Waals surface area (Å²) in [7, 11) is 1.83. The van der Waals surface area contributed by atoms with Gasteiger partial charge in [-0.25, -0.2) is 0 Å². The van der Waals surface area contributed by atoms with Crippen molar-refractivity contribution >= 4 is 11.5 Å². The summed E-state index contributed by atoms with van der Waals surface area (Å²) in [5, 5.41) is 8.69. The maximum atomic E-state index is 10.9. The molecule has 0 radical (unpaired) electrons. The topological polar surface area (TPSA) is 44.1 Å². The quantitative estimate of drug-likeness (QED) is 0.723. The normalized spacial score (nSPS) is 9.21. The number of nitriles is 1. The van der Waals surface area contributed by atoms with Crippen molar-refractivity contribution in [2.45, 2.75) is 6.92 Å². The first kappa shape index (κ1) is 10.3. The molecule has 0 bridgehead atoms. The summed E-state index contributed by atoms with van der Waals surface area (Å²) >= 11 is 0. The van der Waals surface area contributed by atoms with Gasteiger partial charge in [0.1, 0.15) is 5.78 Å². The molecule has 0 aliphatic rings. The third kappa shape index (κ3) is 2.60. The third-order valence-corrected chi connectivity index (χ3v) is 1.88. The first-order valence-corrected chi connectivity index (χ1v) is 4.34. The van der Waals surface area contributed by atoms with Gasteiger partial charge in [-0.2, -0.15) is 5.26 Å². The van der Waals surface area contributed by atoms with Gasteiger partial charge in [-0.3, -0.25) is 4.79 Å². The molecule has 1 rings (SSSR count). The molecule has 14 heavy (non-hydrogen) atoms. The van der Waals surface area contributed by atoms with Crippen molar-refractivity contribution in [3.05, 3.63) is 29.8 Å². The lowest BCUT2D eigenvalue weighted by Crippen LogP contribution is -2.23. The summed E-state index contributed by atoms with van der Waals surface area (Å²) in [6.45, 7) is 1.92. The number of carbonyl (C=O) groups excluding carboxylic acids is 1. The fraction of sp³-hybridized carbons (Fsp3) is 0.273. The van der Waals surface area contributed by atoms with Gasteiger partial charge in [-0.05, 0) is 25.1 Å². The van der Waals surface area contributed by atoms with Crippen LogP contribution in [0.3, 0.4) is 0 Å². The van der Waals surface area contributed by atoms with Crippen molar-refractivity contribution in [1.29, 1.82) is 5.26 Å². The Bertz CT molecular complexity index is 379. The van der Waals surface area contributed by atoms with Crippen LogP contribution in [0.5, 0.6) is 0 Å². The molecule has 0 fully saturated rings. The van der Waals surface area contributed by atoms with Crippen LogP contribution in [0.1, 0.15) is 12.5 Å². The van der Waals surface area contributed by atoms with Crippen molar-refractivity contribution < 1.29 is 4.79 Å². The molecule has 0 aromatic heterocycles. The van der Waals surface area contributed by atoms with E-state index in [1.54, 1.807) is 19.1 Å². The molecule has 72 valence electrons. The number of benzene rings is 1. The minimum absolute atomic E-state index is 0.106. The van der Waals surface area contributed by atoms with Gasteiger partial charge in [0.25, 0.3) is 0 Å².